The van der Waals surface area contributed by atoms with Crippen molar-refractivity contribution in [1.82, 2.24) is 9.55 Å². The van der Waals surface area contributed by atoms with Crippen LogP contribution in [0.5, 0.6) is 0 Å². The van der Waals surface area contributed by atoms with Gasteiger partial charge < -0.3 is 28.4 Å². The molecule has 2 aromatic carbocycles. The van der Waals surface area contributed by atoms with E-state index < -0.39 is 56.7 Å². The summed E-state index contributed by atoms with van der Waals surface area (Å²) in [5.74, 6) is 0.773. The van der Waals surface area contributed by atoms with Crippen molar-refractivity contribution in [1.29, 1.82) is 0 Å². The number of aromatic amines is 1. The second-order valence-corrected chi connectivity index (χ2v) is 17.2. The van der Waals surface area contributed by atoms with Crippen LogP contribution in [0.1, 0.15) is 32.6 Å². The summed E-state index contributed by atoms with van der Waals surface area (Å²) in [6.07, 6.45) is -1.37. The zero-order chi connectivity index (χ0) is 31.4. The molecule has 3 N–H and O–H groups in total. The van der Waals surface area contributed by atoms with Crippen LogP contribution >= 0.6 is 7.60 Å². The van der Waals surface area contributed by atoms with Crippen LogP contribution in [0.2, 0.25) is 5.04 Å². The summed E-state index contributed by atoms with van der Waals surface area (Å²) in [6.45, 7) is 8.22. The third-order valence-electron chi connectivity index (χ3n) is 7.44. The van der Waals surface area contributed by atoms with E-state index in [2.05, 4.69) is 25.8 Å². The molecule has 1 fully saturated rings. The van der Waals surface area contributed by atoms with Crippen LogP contribution in [-0.2, 0) is 23.2 Å². The highest BCUT2D eigenvalue weighted by molar-refractivity contribution is 7.55. The van der Waals surface area contributed by atoms with Gasteiger partial charge in [0.2, 0.25) is 0 Å². The summed E-state index contributed by atoms with van der Waals surface area (Å²) < 4.78 is 38.4. The Hall–Kier alpha value is -2.93. The Balaban J connectivity index is 1.96. The molecule has 0 saturated carbocycles. The SMILES string of the molecule is COCCO[C@@H]1[C@H](O[Si](c2ccccc2)(c2ccccc2)C(C)(C)C)[C@@H](/C=C/P(=O)(O)O)O[C@H]1n1cc(C)c(=O)[nH]c1=O. The van der Waals surface area contributed by atoms with Crippen molar-refractivity contribution in [3.63, 3.8) is 0 Å². The number of ether oxygens (including phenoxy) is 3. The molecule has 43 heavy (non-hydrogen) atoms. The normalized spacial score (nSPS) is 21.5. The van der Waals surface area contributed by atoms with E-state index in [-0.39, 0.29) is 18.8 Å². The fourth-order valence-electron chi connectivity index (χ4n) is 5.49. The van der Waals surface area contributed by atoms with Crippen molar-refractivity contribution < 1.29 is 33.0 Å². The fourth-order valence-corrected chi connectivity index (χ4v) is 10.6. The molecule has 1 aliphatic rings. The lowest BCUT2D eigenvalue weighted by molar-refractivity contribution is -0.0766. The average molecular weight is 631 g/mol. The number of benzene rings is 2. The molecule has 13 heteroatoms. The first-order valence-corrected chi connectivity index (χ1v) is 17.5. The predicted molar refractivity (Wildman–Crippen MR) is 165 cm³/mol. The first-order valence-electron chi connectivity index (χ1n) is 13.9. The molecule has 1 saturated heterocycles. The highest BCUT2D eigenvalue weighted by Crippen LogP contribution is 2.43. The van der Waals surface area contributed by atoms with Gasteiger partial charge in [0.15, 0.2) is 6.23 Å². The maximum atomic E-state index is 13.0. The van der Waals surface area contributed by atoms with Crippen LogP contribution in [0.25, 0.3) is 0 Å². The average Bonchev–Trinajstić information content (AvgIpc) is 3.29. The first-order chi connectivity index (χ1) is 20.3. The summed E-state index contributed by atoms with van der Waals surface area (Å²) in [5.41, 5.74) is -0.976. The highest BCUT2D eigenvalue weighted by atomic mass is 31.2. The number of rotatable bonds is 11. The van der Waals surface area contributed by atoms with Crippen molar-refractivity contribution in [2.75, 3.05) is 20.3 Å². The van der Waals surface area contributed by atoms with E-state index in [0.717, 1.165) is 16.2 Å². The Morgan fingerprint density at radius 2 is 1.58 bits per heavy atom. The summed E-state index contributed by atoms with van der Waals surface area (Å²) in [4.78, 5) is 46.9. The predicted octanol–water partition coefficient (Wildman–Crippen LogP) is 2.41. The minimum atomic E-state index is -4.59. The van der Waals surface area contributed by atoms with Gasteiger partial charge in [-0.1, -0.05) is 81.4 Å². The second-order valence-electron chi connectivity index (χ2n) is 11.5. The summed E-state index contributed by atoms with van der Waals surface area (Å²) in [7, 11) is -6.30. The van der Waals surface area contributed by atoms with Crippen LogP contribution < -0.4 is 21.6 Å². The lowest BCUT2D eigenvalue weighted by atomic mass is 10.1. The molecular formula is C30H39N2O9PSi. The van der Waals surface area contributed by atoms with Gasteiger partial charge in [0.25, 0.3) is 13.9 Å². The van der Waals surface area contributed by atoms with E-state index >= 15 is 0 Å². The molecular weight excluding hydrogens is 591 g/mol. The van der Waals surface area contributed by atoms with Crippen molar-refractivity contribution in [3.05, 3.63) is 105 Å². The topological polar surface area (TPSA) is 149 Å². The molecule has 1 aromatic heterocycles. The standard InChI is InChI=1S/C30H39N2O9PSi/c1-21-20-32(29(34)31-27(21)33)28-26(39-18-17-38-5)25(24(40-28)16-19-42(35,36)37)41-43(30(2,3)4,22-12-8-6-9-13-22)23-14-10-7-11-15-23/h6-16,19-20,24-26,28H,17-18H2,1-5H3,(H,31,33,34)(H2,35,36,37)/b19-16+/t24-,25-,26-,28-/m1/s1. The van der Waals surface area contributed by atoms with Gasteiger partial charge in [0, 0.05) is 24.7 Å². The summed E-state index contributed by atoms with van der Waals surface area (Å²) >= 11 is 0. The zero-order valence-electron chi connectivity index (χ0n) is 24.9. The summed E-state index contributed by atoms with van der Waals surface area (Å²) in [5, 5.41) is 1.50. The lowest BCUT2D eigenvalue weighted by Crippen LogP contribution is -2.69. The van der Waals surface area contributed by atoms with Gasteiger partial charge in [-0.3, -0.25) is 18.9 Å². The third kappa shape index (κ3) is 7.25. The highest BCUT2D eigenvalue weighted by Gasteiger charge is 2.56. The molecule has 2 heterocycles. The van der Waals surface area contributed by atoms with Gasteiger partial charge in [-0.15, -0.1) is 0 Å². The number of nitrogens with zero attached hydrogens (tertiary/aromatic N) is 1. The van der Waals surface area contributed by atoms with E-state index in [0.29, 0.717) is 0 Å². The molecule has 11 nitrogen and oxygen atoms in total. The van der Waals surface area contributed by atoms with Crippen molar-refractivity contribution in [2.24, 2.45) is 0 Å². The van der Waals surface area contributed by atoms with Crippen molar-refractivity contribution in [3.8, 4) is 0 Å². The molecule has 0 aliphatic carbocycles. The number of nitrogens with one attached hydrogen (secondary N) is 1. The number of hydrogen-bond donors (Lipinski definition) is 3. The van der Waals surface area contributed by atoms with Gasteiger partial charge in [0.1, 0.15) is 18.3 Å². The molecule has 3 aromatic rings. The molecule has 0 spiro atoms. The van der Waals surface area contributed by atoms with Gasteiger partial charge in [-0.25, -0.2) is 4.79 Å². The van der Waals surface area contributed by atoms with E-state index in [9.17, 15) is 23.9 Å². The number of hydrogen-bond acceptors (Lipinski definition) is 7. The van der Waals surface area contributed by atoms with E-state index in [4.69, 9.17) is 18.6 Å². The molecule has 0 bridgehead atoms. The molecule has 1 aliphatic heterocycles. The number of H-pyrrole nitrogens is 1. The minimum Gasteiger partial charge on any atom is -0.399 e. The zero-order valence-corrected chi connectivity index (χ0v) is 26.8. The molecule has 232 valence electrons. The van der Waals surface area contributed by atoms with E-state index in [1.54, 1.807) is 6.92 Å². The van der Waals surface area contributed by atoms with Crippen LogP contribution in [-0.4, -0.2) is 66.3 Å². The first kappa shape index (κ1) is 33.0. The minimum absolute atomic E-state index is 0.119. The third-order valence-corrected chi connectivity index (χ3v) is 13.0. The van der Waals surface area contributed by atoms with E-state index in [1.807, 2.05) is 60.7 Å². The van der Waals surface area contributed by atoms with Crippen LogP contribution in [0.3, 0.4) is 0 Å². The quantitative estimate of drug-likeness (QED) is 0.165. The monoisotopic (exact) mass is 630 g/mol. The van der Waals surface area contributed by atoms with Gasteiger partial charge in [-0.2, -0.15) is 0 Å². The molecule has 0 radical (unpaired) electrons. The smallest absolute Gasteiger partial charge is 0.348 e. The number of methoxy groups -OCH3 is 1. The van der Waals surface area contributed by atoms with Crippen molar-refractivity contribution >= 4 is 26.3 Å². The van der Waals surface area contributed by atoms with Crippen molar-refractivity contribution in [2.45, 2.75) is 57.3 Å². The molecule has 0 amide bonds. The molecule has 0 unspecified atom stereocenters. The maximum Gasteiger partial charge on any atom is 0.348 e. The Bertz CT molecular complexity index is 1520. The maximum absolute atomic E-state index is 13.0. The van der Waals surface area contributed by atoms with Crippen LogP contribution in [0, 0.1) is 6.92 Å². The Kier molecular flexibility index (Phi) is 10.3. The Morgan fingerprint density at radius 3 is 2.09 bits per heavy atom. The Labute approximate surface area is 251 Å². The van der Waals surface area contributed by atoms with Gasteiger partial charge in [-0.05, 0) is 28.4 Å². The largest absolute Gasteiger partial charge is 0.399 e. The van der Waals surface area contributed by atoms with Gasteiger partial charge in [0.05, 0.1) is 13.2 Å². The van der Waals surface area contributed by atoms with Crippen LogP contribution in [0.15, 0.2) is 88.3 Å². The van der Waals surface area contributed by atoms with Crippen LogP contribution in [0.4, 0.5) is 0 Å². The van der Waals surface area contributed by atoms with E-state index in [1.165, 1.54) is 23.9 Å². The number of aryl methyl sites for hydroxylation is 1. The fraction of sp³-hybridized carbons (Fsp3) is 0.400. The second kappa shape index (κ2) is 13.4. The molecule has 4 rings (SSSR count). The summed E-state index contributed by atoms with van der Waals surface area (Å²) in [6, 6.07) is 19.7. The number of aromatic nitrogens is 2. The Morgan fingerprint density at radius 1 is 1.00 bits per heavy atom. The van der Waals surface area contributed by atoms with Gasteiger partial charge >= 0.3 is 13.3 Å². The molecule has 4 atom stereocenters. The lowest BCUT2D eigenvalue weighted by Gasteiger charge is -2.45.